The highest BCUT2D eigenvalue weighted by Gasteiger charge is 2.02. The van der Waals surface area contributed by atoms with Crippen LogP contribution in [0.25, 0.3) is 0 Å². The van der Waals surface area contributed by atoms with Crippen LogP contribution >= 0.6 is 0 Å². The van der Waals surface area contributed by atoms with E-state index in [0.29, 0.717) is 0 Å². The standard InChI is InChI=1S/C5H7FO2/c1-3(4(2)6)5(7)8/h1-2H3,(H,7,8)/b4-3-. The number of hydrogen-bond acceptors (Lipinski definition) is 1. The number of rotatable bonds is 1. The van der Waals surface area contributed by atoms with Crippen molar-refractivity contribution in [3.63, 3.8) is 0 Å². The molecule has 0 radical (unpaired) electrons. The lowest BCUT2D eigenvalue weighted by Crippen LogP contribution is -1.96. The van der Waals surface area contributed by atoms with E-state index < -0.39 is 11.8 Å². The van der Waals surface area contributed by atoms with Gasteiger partial charge in [0.2, 0.25) is 0 Å². The third kappa shape index (κ3) is 1.73. The number of carboxylic acid groups (broad SMARTS) is 1. The molecule has 0 aliphatic rings. The summed E-state index contributed by atoms with van der Waals surface area (Å²) in [6, 6.07) is 0. The van der Waals surface area contributed by atoms with Crippen LogP contribution in [-0.2, 0) is 4.79 Å². The molecule has 0 amide bonds. The zero-order chi connectivity index (χ0) is 6.73. The maximum Gasteiger partial charge on any atom is 0.333 e. The van der Waals surface area contributed by atoms with E-state index in [1.165, 1.54) is 6.92 Å². The minimum Gasteiger partial charge on any atom is -0.478 e. The Balaban J connectivity index is 4.23. The topological polar surface area (TPSA) is 37.3 Å². The van der Waals surface area contributed by atoms with Gasteiger partial charge in [0.25, 0.3) is 0 Å². The zero-order valence-corrected chi connectivity index (χ0v) is 4.73. The van der Waals surface area contributed by atoms with E-state index in [-0.39, 0.29) is 5.57 Å². The first-order valence-electron chi connectivity index (χ1n) is 2.12. The van der Waals surface area contributed by atoms with Crippen molar-refractivity contribution in [1.29, 1.82) is 0 Å². The van der Waals surface area contributed by atoms with Gasteiger partial charge < -0.3 is 5.11 Å². The van der Waals surface area contributed by atoms with E-state index in [9.17, 15) is 9.18 Å². The average molecular weight is 118 g/mol. The van der Waals surface area contributed by atoms with E-state index in [4.69, 9.17) is 5.11 Å². The van der Waals surface area contributed by atoms with E-state index in [1.54, 1.807) is 0 Å². The molecule has 3 heteroatoms. The number of halogens is 1. The summed E-state index contributed by atoms with van der Waals surface area (Å²) in [6.07, 6.45) is 0. The zero-order valence-electron chi connectivity index (χ0n) is 4.73. The quantitative estimate of drug-likeness (QED) is 0.527. The molecule has 0 aromatic carbocycles. The highest BCUT2D eigenvalue weighted by atomic mass is 19.1. The fraction of sp³-hybridized carbons (Fsp3) is 0.400. The Morgan fingerprint density at radius 2 is 1.88 bits per heavy atom. The molecule has 8 heavy (non-hydrogen) atoms. The molecule has 0 saturated carbocycles. The minimum atomic E-state index is -1.20. The molecule has 46 valence electrons. The molecular formula is C5H7FO2. The second-order valence-corrected chi connectivity index (χ2v) is 1.46. The van der Waals surface area contributed by atoms with Crippen LogP contribution in [-0.4, -0.2) is 11.1 Å². The van der Waals surface area contributed by atoms with Gasteiger partial charge in [-0.05, 0) is 13.8 Å². The van der Waals surface area contributed by atoms with E-state index in [2.05, 4.69) is 0 Å². The molecule has 0 aliphatic heterocycles. The molecular weight excluding hydrogens is 111 g/mol. The van der Waals surface area contributed by atoms with Crippen molar-refractivity contribution in [1.82, 2.24) is 0 Å². The Labute approximate surface area is 46.6 Å². The molecule has 0 atom stereocenters. The van der Waals surface area contributed by atoms with Gasteiger partial charge in [0.15, 0.2) is 0 Å². The first-order chi connectivity index (χ1) is 3.55. The summed E-state index contributed by atoms with van der Waals surface area (Å²) in [5, 5.41) is 8.05. The second kappa shape index (κ2) is 2.45. The summed E-state index contributed by atoms with van der Waals surface area (Å²) in [6.45, 7) is 2.33. The third-order valence-electron chi connectivity index (χ3n) is 0.838. The smallest absolute Gasteiger partial charge is 0.333 e. The lowest BCUT2D eigenvalue weighted by molar-refractivity contribution is -0.132. The van der Waals surface area contributed by atoms with Crippen LogP contribution in [0.15, 0.2) is 11.4 Å². The van der Waals surface area contributed by atoms with Gasteiger partial charge in [-0.15, -0.1) is 0 Å². The number of aliphatic carboxylic acids is 1. The van der Waals surface area contributed by atoms with Gasteiger partial charge in [0.05, 0.1) is 5.57 Å². The van der Waals surface area contributed by atoms with E-state index in [0.717, 1.165) is 6.92 Å². The van der Waals surface area contributed by atoms with Gasteiger partial charge in [-0.2, -0.15) is 0 Å². The Morgan fingerprint density at radius 3 is 1.88 bits per heavy atom. The molecule has 0 fully saturated rings. The predicted octanol–water partition coefficient (Wildman–Crippen LogP) is 1.33. The maximum absolute atomic E-state index is 11.8. The van der Waals surface area contributed by atoms with Crippen LogP contribution in [0.1, 0.15) is 13.8 Å². The van der Waals surface area contributed by atoms with Crippen molar-refractivity contribution >= 4 is 5.97 Å². The van der Waals surface area contributed by atoms with Crippen molar-refractivity contribution in [3.8, 4) is 0 Å². The Bertz CT molecular complexity index is 133. The first-order valence-corrected chi connectivity index (χ1v) is 2.12. The normalized spacial score (nSPS) is 12.9. The van der Waals surface area contributed by atoms with Crippen molar-refractivity contribution < 1.29 is 14.3 Å². The van der Waals surface area contributed by atoms with E-state index in [1.807, 2.05) is 0 Å². The van der Waals surface area contributed by atoms with Crippen molar-refractivity contribution in [2.75, 3.05) is 0 Å². The summed E-state index contributed by atoms with van der Waals surface area (Å²) in [5.74, 6) is -1.84. The van der Waals surface area contributed by atoms with Crippen LogP contribution in [0, 0.1) is 0 Å². The molecule has 0 saturated heterocycles. The number of carbonyl (C=O) groups is 1. The summed E-state index contributed by atoms with van der Waals surface area (Å²) < 4.78 is 11.8. The predicted molar refractivity (Wildman–Crippen MR) is 27.1 cm³/mol. The molecule has 0 aromatic heterocycles. The van der Waals surface area contributed by atoms with Crippen molar-refractivity contribution in [2.45, 2.75) is 13.8 Å². The summed E-state index contributed by atoms with van der Waals surface area (Å²) in [4.78, 5) is 9.84. The highest BCUT2D eigenvalue weighted by Crippen LogP contribution is 2.02. The molecule has 0 heterocycles. The molecule has 0 bridgehead atoms. The molecule has 2 nitrogen and oxygen atoms in total. The van der Waals surface area contributed by atoms with Gasteiger partial charge in [-0.3, -0.25) is 0 Å². The molecule has 0 unspecified atom stereocenters. The Hall–Kier alpha value is -0.860. The monoisotopic (exact) mass is 118 g/mol. The summed E-state index contributed by atoms with van der Waals surface area (Å²) in [5.41, 5.74) is -0.231. The third-order valence-corrected chi connectivity index (χ3v) is 0.838. The van der Waals surface area contributed by atoms with Crippen LogP contribution in [0.3, 0.4) is 0 Å². The van der Waals surface area contributed by atoms with Gasteiger partial charge in [-0.1, -0.05) is 0 Å². The number of allylic oxidation sites excluding steroid dienone is 1. The number of carboxylic acids is 1. The molecule has 0 rings (SSSR count). The SMILES string of the molecule is C/C(F)=C(\C)C(=O)O. The second-order valence-electron chi connectivity index (χ2n) is 1.46. The number of hydrogen-bond donors (Lipinski definition) is 1. The summed E-state index contributed by atoms with van der Waals surface area (Å²) in [7, 11) is 0. The fourth-order valence-corrected chi connectivity index (χ4v) is 0.147. The Morgan fingerprint density at radius 1 is 1.50 bits per heavy atom. The van der Waals surface area contributed by atoms with Crippen LogP contribution in [0.5, 0.6) is 0 Å². The van der Waals surface area contributed by atoms with E-state index >= 15 is 0 Å². The average Bonchev–Trinajstić information content (AvgIpc) is 1.64. The van der Waals surface area contributed by atoms with Crippen molar-refractivity contribution in [2.24, 2.45) is 0 Å². The Kier molecular flexibility index (Phi) is 2.19. The summed E-state index contributed by atoms with van der Waals surface area (Å²) >= 11 is 0. The largest absolute Gasteiger partial charge is 0.478 e. The molecule has 0 spiro atoms. The van der Waals surface area contributed by atoms with Crippen molar-refractivity contribution in [3.05, 3.63) is 11.4 Å². The first kappa shape index (κ1) is 7.14. The van der Waals surface area contributed by atoms with Gasteiger partial charge in [0, 0.05) is 0 Å². The van der Waals surface area contributed by atoms with Gasteiger partial charge >= 0.3 is 5.97 Å². The van der Waals surface area contributed by atoms with Crippen LogP contribution < -0.4 is 0 Å². The molecule has 0 aromatic rings. The highest BCUT2D eigenvalue weighted by molar-refractivity contribution is 5.86. The maximum atomic E-state index is 11.8. The minimum absolute atomic E-state index is 0.231. The lowest BCUT2D eigenvalue weighted by atomic mass is 10.3. The van der Waals surface area contributed by atoms with Gasteiger partial charge in [-0.25, -0.2) is 9.18 Å². The lowest BCUT2D eigenvalue weighted by Gasteiger charge is -1.88. The van der Waals surface area contributed by atoms with Crippen LogP contribution in [0.4, 0.5) is 4.39 Å². The molecule has 0 aliphatic carbocycles. The van der Waals surface area contributed by atoms with Gasteiger partial charge in [0.1, 0.15) is 5.83 Å². The fourth-order valence-electron chi connectivity index (χ4n) is 0.147. The van der Waals surface area contributed by atoms with Crippen LogP contribution in [0.2, 0.25) is 0 Å². The molecule has 1 N–H and O–H groups in total.